The van der Waals surface area contributed by atoms with Crippen LogP contribution in [0.3, 0.4) is 0 Å². The van der Waals surface area contributed by atoms with Gasteiger partial charge in [0.25, 0.3) is 0 Å². The first kappa shape index (κ1) is 17.6. The molecule has 0 aliphatic carbocycles. The molecule has 1 unspecified atom stereocenters. The summed E-state index contributed by atoms with van der Waals surface area (Å²) in [5.41, 5.74) is 0.352. The minimum atomic E-state index is -1.05. The molecule has 0 aromatic carbocycles. The fourth-order valence-electron chi connectivity index (χ4n) is 1.81. The molecule has 0 heterocycles. The maximum absolute atomic E-state index is 12.0. The number of carbonyl (C=O) groups excluding carboxylic acids is 1. The van der Waals surface area contributed by atoms with E-state index in [9.17, 15) is 9.59 Å². The van der Waals surface area contributed by atoms with E-state index in [1.807, 2.05) is 19.0 Å². The third kappa shape index (κ3) is 6.96. The van der Waals surface area contributed by atoms with E-state index in [0.29, 0.717) is 5.92 Å². The second-order valence-corrected chi connectivity index (χ2v) is 5.62. The van der Waals surface area contributed by atoms with Gasteiger partial charge in [0, 0.05) is 23.7 Å². The fourth-order valence-corrected chi connectivity index (χ4v) is 1.81. The summed E-state index contributed by atoms with van der Waals surface area (Å²) in [5.74, 6) is -0.886. The predicted molar refractivity (Wildman–Crippen MR) is 75.9 cm³/mol. The first-order valence-electron chi connectivity index (χ1n) is 6.51. The largest absolute Gasteiger partial charge is 0.478 e. The highest BCUT2D eigenvalue weighted by Gasteiger charge is 2.18. The Bertz CT molecular complexity index is 350. The van der Waals surface area contributed by atoms with E-state index >= 15 is 0 Å². The number of amides is 1. The molecular weight excluding hydrogens is 244 g/mol. The molecule has 0 saturated carbocycles. The average molecular weight is 270 g/mol. The van der Waals surface area contributed by atoms with Crippen molar-refractivity contribution in [2.75, 3.05) is 20.6 Å². The van der Waals surface area contributed by atoms with Crippen molar-refractivity contribution in [3.05, 3.63) is 11.1 Å². The number of carboxylic acid groups (broad SMARTS) is 1. The van der Waals surface area contributed by atoms with Gasteiger partial charge in [0.15, 0.2) is 0 Å². The molecule has 5 nitrogen and oxygen atoms in total. The van der Waals surface area contributed by atoms with Crippen LogP contribution in [0.2, 0.25) is 0 Å². The maximum atomic E-state index is 12.0. The summed E-state index contributed by atoms with van der Waals surface area (Å²) < 4.78 is 0. The third-order valence-electron chi connectivity index (χ3n) is 2.90. The van der Waals surface area contributed by atoms with Crippen LogP contribution in [-0.2, 0) is 9.59 Å². The number of hydrogen-bond acceptors (Lipinski definition) is 3. The van der Waals surface area contributed by atoms with Gasteiger partial charge in [-0.3, -0.25) is 4.79 Å². The molecule has 0 bridgehead atoms. The number of nitrogens with zero attached hydrogens (tertiary/aromatic N) is 1. The number of nitrogens with one attached hydrogen (secondary N) is 1. The van der Waals surface area contributed by atoms with Crippen LogP contribution in [0.25, 0.3) is 0 Å². The van der Waals surface area contributed by atoms with E-state index in [0.717, 1.165) is 13.0 Å². The van der Waals surface area contributed by atoms with Crippen molar-refractivity contribution in [1.82, 2.24) is 10.2 Å². The van der Waals surface area contributed by atoms with Crippen LogP contribution < -0.4 is 5.32 Å². The Kier molecular flexibility index (Phi) is 7.37. The van der Waals surface area contributed by atoms with Crippen molar-refractivity contribution in [3.63, 3.8) is 0 Å². The highest BCUT2D eigenvalue weighted by Crippen LogP contribution is 2.08. The van der Waals surface area contributed by atoms with Gasteiger partial charge < -0.3 is 15.3 Å². The quantitative estimate of drug-likeness (QED) is 0.688. The van der Waals surface area contributed by atoms with Gasteiger partial charge in [0.05, 0.1) is 0 Å². The number of aliphatic carboxylic acids is 1. The van der Waals surface area contributed by atoms with E-state index in [4.69, 9.17) is 5.11 Å². The fraction of sp³-hybridized carbons (Fsp3) is 0.714. The summed E-state index contributed by atoms with van der Waals surface area (Å²) in [5, 5.41) is 11.8. The number of carbonyl (C=O) groups is 2. The van der Waals surface area contributed by atoms with Crippen LogP contribution >= 0.6 is 0 Å². The molecule has 0 aromatic heterocycles. The van der Waals surface area contributed by atoms with Crippen molar-refractivity contribution in [2.24, 2.45) is 5.92 Å². The third-order valence-corrected chi connectivity index (χ3v) is 2.90. The van der Waals surface area contributed by atoms with Crippen LogP contribution in [0, 0.1) is 5.92 Å². The Labute approximate surface area is 115 Å². The highest BCUT2D eigenvalue weighted by atomic mass is 16.4. The summed E-state index contributed by atoms with van der Waals surface area (Å²) >= 11 is 0. The summed E-state index contributed by atoms with van der Waals surface area (Å²) in [6.07, 6.45) is 0.864. The van der Waals surface area contributed by atoms with Crippen molar-refractivity contribution in [3.8, 4) is 0 Å². The first-order valence-corrected chi connectivity index (χ1v) is 6.51. The average Bonchev–Trinajstić information content (AvgIpc) is 2.24. The molecule has 0 aliphatic heterocycles. The summed E-state index contributed by atoms with van der Waals surface area (Å²) in [6, 6.07) is 0.0269. The zero-order valence-corrected chi connectivity index (χ0v) is 12.8. The van der Waals surface area contributed by atoms with Crippen LogP contribution in [0.1, 0.15) is 34.1 Å². The van der Waals surface area contributed by atoms with Gasteiger partial charge in [-0.05, 0) is 40.3 Å². The van der Waals surface area contributed by atoms with E-state index < -0.39 is 5.97 Å². The Balaban J connectivity index is 4.80. The lowest BCUT2D eigenvalue weighted by molar-refractivity contribution is -0.133. The molecule has 0 radical (unpaired) electrons. The molecule has 1 amide bonds. The molecule has 19 heavy (non-hydrogen) atoms. The second-order valence-electron chi connectivity index (χ2n) is 5.62. The Morgan fingerprint density at radius 1 is 1.16 bits per heavy atom. The number of likely N-dealkylation sites (N-methyl/N-ethyl adjacent to an activating group) is 1. The van der Waals surface area contributed by atoms with Crippen LogP contribution in [0.5, 0.6) is 0 Å². The number of hydrogen-bond donors (Lipinski definition) is 2. The van der Waals surface area contributed by atoms with E-state index in [-0.39, 0.29) is 23.1 Å². The summed E-state index contributed by atoms with van der Waals surface area (Å²) in [6.45, 7) is 7.92. The summed E-state index contributed by atoms with van der Waals surface area (Å²) in [4.78, 5) is 24.9. The van der Waals surface area contributed by atoms with E-state index in [1.54, 1.807) is 6.92 Å². The lowest BCUT2D eigenvalue weighted by atomic mass is 10.0. The van der Waals surface area contributed by atoms with E-state index in [1.165, 1.54) is 6.92 Å². The highest BCUT2D eigenvalue weighted by molar-refractivity contribution is 6.01. The lowest BCUT2D eigenvalue weighted by Crippen LogP contribution is -2.43. The van der Waals surface area contributed by atoms with Gasteiger partial charge in [-0.25, -0.2) is 4.79 Å². The Morgan fingerprint density at radius 2 is 1.68 bits per heavy atom. The standard InChI is InChI=1S/C14H26N2O3/c1-9(2)7-12(8-16(5)6)15-13(17)10(3)11(4)14(18)19/h9,12H,7-8H2,1-6H3,(H,15,17)(H,18,19). The van der Waals surface area contributed by atoms with Gasteiger partial charge >= 0.3 is 5.97 Å². The molecule has 1 atom stereocenters. The molecule has 0 saturated heterocycles. The number of carboxylic acids is 1. The van der Waals surface area contributed by atoms with Gasteiger partial charge in [-0.1, -0.05) is 13.8 Å². The topological polar surface area (TPSA) is 69.6 Å². The van der Waals surface area contributed by atoms with Crippen LogP contribution in [-0.4, -0.2) is 48.6 Å². The molecule has 0 rings (SSSR count). The monoisotopic (exact) mass is 270 g/mol. The lowest BCUT2D eigenvalue weighted by Gasteiger charge is -2.24. The second kappa shape index (κ2) is 7.94. The van der Waals surface area contributed by atoms with Gasteiger partial charge in [0.1, 0.15) is 0 Å². The zero-order valence-electron chi connectivity index (χ0n) is 12.8. The van der Waals surface area contributed by atoms with Gasteiger partial charge in [-0.15, -0.1) is 0 Å². The Hall–Kier alpha value is -1.36. The van der Waals surface area contributed by atoms with Crippen molar-refractivity contribution in [1.29, 1.82) is 0 Å². The SMILES string of the molecule is CC(C(=O)O)=C(C)C(=O)NC(CC(C)C)CN(C)C. The predicted octanol–water partition coefficient (Wildman–Crippen LogP) is 1.50. The molecule has 0 spiro atoms. The molecular formula is C14H26N2O3. The van der Waals surface area contributed by atoms with Gasteiger partial charge in [-0.2, -0.15) is 0 Å². The molecule has 5 heteroatoms. The number of rotatable bonds is 7. The van der Waals surface area contributed by atoms with Crippen LogP contribution in [0.15, 0.2) is 11.1 Å². The minimum absolute atomic E-state index is 0.0269. The first-order chi connectivity index (χ1) is 8.65. The maximum Gasteiger partial charge on any atom is 0.331 e. The summed E-state index contributed by atoms with van der Waals surface area (Å²) in [7, 11) is 3.90. The zero-order chi connectivity index (χ0) is 15.2. The van der Waals surface area contributed by atoms with E-state index in [2.05, 4.69) is 19.2 Å². The van der Waals surface area contributed by atoms with Crippen molar-refractivity contribution >= 4 is 11.9 Å². The normalized spacial score (nSPS) is 14.3. The molecule has 0 fully saturated rings. The smallest absolute Gasteiger partial charge is 0.331 e. The Morgan fingerprint density at radius 3 is 2.05 bits per heavy atom. The molecule has 2 N–H and O–H groups in total. The molecule has 0 aliphatic rings. The molecule has 0 aromatic rings. The van der Waals surface area contributed by atoms with Crippen LogP contribution in [0.4, 0.5) is 0 Å². The minimum Gasteiger partial charge on any atom is -0.478 e. The molecule has 110 valence electrons. The van der Waals surface area contributed by atoms with Crippen molar-refractivity contribution < 1.29 is 14.7 Å². The van der Waals surface area contributed by atoms with Crippen molar-refractivity contribution in [2.45, 2.75) is 40.2 Å². The van der Waals surface area contributed by atoms with Gasteiger partial charge in [0.2, 0.25) is 5.91 Å².